The first-order valence-corrected chi connectivity index (χ1v) is 6.29. The van der Waals surface area contributed by atoms with Gasteiger partial charge in [0.05, 0.1) is 23.3 Å². The monoisotopic (exact) mass is 284 g/mol. The molecule has 1 aliphatic rings. The molecule has 1 aromatic rings. The van der Waals surface area contributed by atoms with Crippen LogP contribution in [0, 0.1) is 6.07 Å². The van der Waals surface area contributed by atoms with Crippen molar-refractivity contribution in [3.8, 4) is 0 Å². The normalized spacial score (nSPS) is 15.6. The van der Waals surface area contributed by atoms with Crippen LogP contribution < -0.4 is 0 Å². The lowest BCUT2D eigenvalue weighted by molar-refractivity contribution is -0.128. The highest BCUT2D eigenvalue weighted by Crippen LogP contribution is 2.30. The van der Waals surface area contributed by atoms with Crippen molar-refractivity contribution in [2.24, 2.45) is 0 Å². The second-order valence-electron chi connectivity index (χ2n) is 3.90. The average Bonchev–Trinajstić information content (AvgIpc) is 2.41. The molecule has 1 aliphatic heterocycles. The van der Waals surface area contributed by atoms with E-state index >= 15 is 0 Å². The molecule has 0 spiro atoms. The van der Waals surface area contributed by atoms with Crippen LogP contribution in [0.5, 0.6) is 0 Å². The van der Waals surface area contributed by atoms with Crippen LogP contribution in [0.25, 0.3) is 5.57 Å². The van der Waals surface area contributed by atoms with Gasteiger partial charge in [0.15, 0.2) is 0 Å². The smallest absolute Gasteiger partial charge is 0.254 e. The van der Waals surface area contributed by atoms with Crippen molar-refractivity contribution in [1.29, 1.82) is 0 Å². The zero-order valence-corrected chi connectivity index (χ0v) is 11.2. The summed E-state index contributed by atoms with van der Waals surface area (Å²) in [6, 6.07) is 6.08. The standard InChI is InChI=1S/C13H12Cl2NO2/c1-9(10-3-2-4-11(14)12(10)15)13(17)16-5-7-18-8-6-16/h2-3H,1,5-8H2. The summed E-state index contributed by atoms with van der Waals surface area (Å²) in [5.41, 5.74) is 0.898. The van der Waals surface area contributed by atoms with E-state index in [4.69, 9.17) is 27.9 Å². The first-order valence-electron chi connectivity index (χ1n) is 5.53. The molecule has 0 saturated carbocycles. The largest absolute Gasteiger partial charge is 0.378 e. The molecule has 0 N–H and O–H groups in total. The van der Waals surface area contributed by atoms with Gasteiger partial charge in [-0.2, -0.15) is 0 Å². The lowest BCUT2D eigenvalue weighted by Crippen LogP contribution is -2.40. The van der Waals surface area contributed by atoms with Crippen molar-refractivity contribution in [3.05, 3.63) is 40.4 Å². The molecule has 1 heterocycles. The summed E-state index contributed by atoms with van der Waals surface area (Å²) in [6.45, 7) is 6.06. The van der Waals surface area contributed by atoms with Crippen molar-refractivity contribution in [2.45, 2.75) is 0 Å². The molecule has 1 amide bonds. The molecule has 2 rings (SSSR count). The molecule has 0 atom stereocenters. The van der Waals surface area contributed by atoms with Crippen molar-refractivity contribution < 1.29 is 9.53 Å². The van der Waals surface area contributed by atoms with Crippen LogP contribution in [0.3, 0.4) is 0 Å². The number of ether oxygens (including phenoxy) is 1. The number of amides is 1. The Labute approximate surface area is 116 Å². The van der Waals surface area contributed by atoms with Gasteiger partial charge in [0.2, 0.25) is 0 Å². The lowest BCUT2D eigenvalue weighted by Gasteiger charge is -2.27. The Morgan fingerprint density at radius 1 is 1.39 bits per heavy atom. The second kappa shape index (κ2) is 5.74. The van der Waals surface area contributed by atoms with Crippen LogP contribution >= 0.6 is 23.2 Å². The number of benzene rings is 1. The molecule has 18 heavy (non-hydrogen) atoms. The fourth-order valence-corrected chi connectivity index (χ4v) is 2.15. The maximum absolute atomic E-state index is 12.2. The van der Waals surface area contributed by atoms with E-state index in [1.54, 1.807) is 17.0 Å². The zero-order chi connectivity index (χ0) is 13.1. The van der Waals surface area contributed by atoms with Crippen molar-refractivity contribution >= 4 is 34.7 Å². The van der Waals surface area contributed by atoms with Crippen LogP contribution in [-0.4, -0.2) is 37.1 Å². The van der Waals surface area contributed by atoms with E-state index in [0.29, 0.717) is 47.5 Å². The van der Waals surface area contributed by atoms with Gasteiger partial charge < -0.3 is 9.64 Å². The second-order valence-corrected chi connectivity index (χ2v) is 4.66. The molecule has 1 aromatic carbocycles. The van der Waals surface area contributed by atoms with E-state index in [0.717, 1.165) is 0 Å². The van der Waals surface area contributed by atoms with Crippen LogP contribution in [0.1, 0.15) is 5.56 Å². The lowest BCUT2D eigenvalue weighted by atomic mass is 10.1. The highest BCUT2D eigenvalue weighted by Gasteiger charge is 2.22. The first-order chi connectivity index (χ1) is 8.61. The number of halogens is 2. The van der Waals surface area contributed by atoms with E-state index in [-0.39, 0.29) is 5.91 Å². The Hall–Kier alpha value is -1.03. The van der Waals surface area contributed by atoms with E-state index < -0.39 is 0 Å². The molecule has 0 unspecified atom stereocenters. The van der Waals surface area contributed by atoms with Crippen molar-refractivity contribution in [2.75, 3.05) is 26.3 Å². The molecular weight excluding hydrogens is 273 g/mol. The van der Waals surface area contributed by atoms with Crippen LogP contribution in [0.15, 0.2) is 18.7 Å². The maximum atomic E-state index is 12.2. The van der Waals surface area contributed by atoms with E-state index in [1.165, 1.54) is 0 Å². The maximum Gasteiger partial charge on any atom is 0.254 e. The van der Waals surface area contributed by atoms with Gasteiger partial charge in [-0.1, -0.05) is 41.9 Å². The molecule has 95 valence electrons. The Morgan fingerprint density at radius 2 is 2.06 bits per heavy atom. The predicted molar refractivity (Wildman–Crippen MR) is 71.7 cm³/mol. The van der Waals surface area contributed by atoms with Crippen molar-refractivity contribution in [3.63, 3.8) is 0 Å². The first kappa shape index (κ1) is 13.4. The molecule has 1 saturated heterocycles. The molecule has 3 nitrogen and oxygen atoms in total. The number of hydrogen-bond acceptors (Lipinski definition) is 2. The highest BCUT2D eigenvalue weighted by molar-refractivity contribution is 6.44. The SMILES string of the molecule is C=C(C(=O)N1CCOCC1)c1cc[c]c(Cl)c1Cl. The van der Waals surface area contributed by atoms with Gasteiger partial charge in [-0.15, -0.1) is 0 Å². The van der Waals surface area contributed by atoms with E-state index in [9.17, 15) is 4.79 Å². The fourth-order valence-electron chi connectivity index (χ4n) is 1.76. The minimum absolute atomic E-state index is 0.137. The van der Waals surface area contributed by atoms with Crippen molar-refractivity contribution in [1.82, 2.24) is 4.90 Å². The molecule has 0 aliphatic carbocycles. The summed E-state index contributed by atoms with van der Waals surface area (Å²) in [4.78, 5) is 13.9. The average molecular weight is 285 g/mol. The summed E-state index contributed by atoms with van der Waals surface area (Å²) >= 11 is 11.9. The highest BCUT2D eigenvalue weighted by atomic mass is 35.5. The molecule has 0 bridgehead atoms. The Balaban J connectivity index is 2.20. The molecule has 1 fully saturated rings. The Morgan fingerprint density at radius 3 is 2.72 bits per heavy atom. The molecule has 0 aromatic heterocycles. The minimum atomic E-state index is -0.137. The molecule has 5 heteroatoms. The number of nitrogens with zero attached hydrogens (tertiary/aromatic N) is 1. The van der Waals surface area contributed by atoms with Gasteiger partial charge in [0.25, 0.3) is 5.91 Å². The van der Waals surface area contributed by atoms with Gasteiger partial charge in [-0.3, -0.25) is 4.79 Å². The third-order valence-corrected chi connectivity index (χ3v) is 3.56. The summed E-state index contributed by atoms with van der Waals surface area (Å²) in [5.74, 6) is -0.137. The predicted octanol–water partition coefficient (Wildman–Crippen LogP) is 2.67. The number of carbonyl (C=O) groups is 1. The van der Waals surface area contributed by atoms with Gasteiger partial charge in [-0.05, 0) is 0 Å². The number of carbonyl (C=O) groups excluding carboxylic acids is 1. The Kier molecular flexibility index (Phi) is 4.27. The fraction of sp³-hybridized carbons (Fsp3) is 0.308. The van der Waals surface area contributed by atoms with Gasteiger partial charge >= 0.3 is 0 Å². The number of hydrogen-bond donors (Lipinski definition) is 0. The van der Waals surface area contributed by atoms with Crippen LogP contribution in [-0.2, 0) is 9.53 Å². The summed E-state index contributed by atoms with van der Waals surface area (Å²) in [6.07, 6.45) is 0. The summed E-state index contributed by atoms with van der Waals surface area (Å²) in [5, 5.41) is 0.607. The number of morpholine rings is 1. The third-order valence-electron chi connectivity index (χ3n) is 2.77. The summed E-state index contributed by atoms with van der Waals surface area (Å²) in [7, 11) is 0. The molecular formula is C13H12Cl2NO2. The third kappa shape index (κ3) is 2.69. The Bertz CT molecular complexity index is 482. The number of rotatable bonds is 2. The topological polar surface area (TPSA) is 29.5 Å². The van der Waals surface area contributed by atoms with Gasteiger partial charge in [0.1, 0.15) is 0 Å². The van der Waals surface area contributed by atoms with Gasteiger partial charge in [-0.25, -0.2) is 0 Å². The van der Waals surface area contributed by atoms with Gasteiger partial charge in [0, 0.05) is 30.3 Å². The minimum Gasteiger partial charge on any atom is -0.378 e. The van der Waals surface area contributed by atoms with Crippen LogP contribution in [0.4, 0.5) is 0 Å². The van der Waals surface area contributed by atoms with E-state index in [2.05, 4.69) is 12.6 Å². The molecule has 1 radical (unpaired) electrons. The zero-order valence-electron chi connectivity index (χ0n) is 9.71. The quantitative estimate of drug-likeness (QED) is 0.782. The van der Waals surface area contributed by atoms with Crippen LogP contribution in [0.2, 0.25) is 10.0 Å². The summed E-state index contributed by atoms with van der Waals surface area (Å²) < 4.78 is 5.20. The van der Waals surface area contributed by atoms with E-state index in [1.807, 2.05) is 0 Å².